The monoisotopic (exact) mass is 277 g/mol. The summed E-state index contributed by atoms with van der Waals surface area (Å²) in [5.41, 5.74) is 3.13. The van der Waals surface area contributed by atoms with Gasteiger partial charge >= 0.3 is 0 Å². The Morgan fingerprint density at radius 1 is 1.25 bits per heavy atom. The first-order valence-corrected chi connectivity index (χ1v) is 5.77. The number of hydrogen-bond donors (Lipinski definition) is 1. The normalized spacial score (nSPS) is 10.2. The molecule has 0 aliphatic heterocycles. The molecular formula is C12H12BrN3. The topological polar surface area (TPSA) is 37.8 Å². The van der Waals surface area contributed by atoms with Gasteiger partial charge in [-0.2, -0.15) is 0 Å². The first-order valence-electron chi connectivity index (χ1n) is 4.98. The van der Waals surface area contributed by atoms with Crippen LogP contribution in [0.3, 0.4) is 0 Å². The summed E-state index contributed by atoms with van der Waals surface area (Å²) in [7, 11) is 0. The molecular weight excluding hydrogens is 266 g/mol. The summed E-state index contributed by atoms with van der Waals surface area (Å²) in [5, 5.41) is 3.17. The van der Waals surface area contributed by atoms with E-state index in [4.69, 9.17) is 0 Å². The number of nitrogens with one attached hydrogen (secondary N) is 1. The van der Waals surface area contributed by atoms with Gasteiger partial charge in [0.2, 0.25) is 5.95 Å². The van der Waals surface area contributed by atoms with Crippen LogP contribution < -0.4 is 5.32 Å². The third-order valence-corrected chi connectivity index (χ3v) is 2.97. The van der Waals surface area contributed by atoms with Crippen LogP contribution in [0.1, 0.15) is 11.3 Å². The van der Waals surface area contributed by atoms with Gasteiger partial charge in [-0.15, -0.1) is 0 Å². The van der Waals surface area contributed by atoms with Crippen molar-refractivity contribution in [3.05, 3.63) is 46.2 Å². The molecule has 0 amide bonds. The van der Waals surface area contributed by atoms with Crippen molar-refractivity contribution in [1.82, 2.24) is 9.97 Å². The Morgan fingerprint density at radius 2 is 2.06 bits per heavy atom. The molecule has 4 heteroatoms. The molecule has 82 valence electrons. The van der Waals surface area contributed by atoms with E-state index in [0.29, 0.717) is 5.95 Å². The molecule has 16 heavy (non-hydrogen) atoms. The Morgan fingerprint density at radius 3 is 2.75 bits per heavy atom. The third kappa shape index (κ3) is 2.58. The van der Waals surface area contributed by atoms with Gasteiger partial charge < -0.3 is 5.32 Å². The highest BCUT2D eigenvalue weighted by Gasteiger charge is 2.01. The molecule has 0 aliphatic rings. The average molecular weight is 278 g/mol. The minimum Gasteiger partial charge on any atom is -0.324 e. The maximum Gasteiger partial charge on any atom is 0.227 e. The average Bonchev–Trinajstić information content (AvgIpc) is 2.24. The predicted molar refractivity (Wildman–Crippen MR) is 68.9 cm³/mol. The van der Waals surface area contributed by atoms with Crippen LogP contribution in [0.4, 0.5) is 11.6 Å². The molecule has 1 aromatic carbocycles. The number of aromatic nitrogens is 2. The number of nitrogens with zero attached hydrogens (tertiary/aromatic N) is 2. The molecule has 0 spiro atoms. The van der Waals surface area contributed by atoms with Gasteiger partial charge in [0.25, 0.3) is 0 Å². The Balaban J connectivity index is 2.24. The largest absolute Gasteiger partial charge is 0.324 e. The predicted octanol–water partition coefficient (Wildman–Crippen LogP) is 3.60. The van der Waals surface area contributed by atoms with Gasteiger partial charge in [-0.05, 0) is 47.5 Å². The maximum atomic E-state index is 4.33. The van der Waals surface area contributed by atoms with E-state index in [1.54, 1.807) is 6.20 Å². The first kappa shape index (κ1) is 11.1. The van der Waals surface area contributed by atoms with E-state index in [9.17, 15) is 0 Å². The second kappa shape index (κ2) is 4.61. The fraction of sp³-hybridized carbons (Fsp3) is 0.167. The molecule has 0 aliphatic carbocycles. The van der Waals surface area contributed by atoms with Crippen LogP contribution in [-0.4, -0.2) is 9.97 Å². The molecule has 1 N–H and O–H groups in total. The van der Waals surface area contributed by atoms with Crippen LogP contribution in [-0.2, 0) is 0 Å². The zero-order valence-corrected chi connectivity index (χ0v) is 10.7. The van der Waals surface area contributed by atoms with E-state index in [1.807, 2.05) is 19.1 Å². The van der Waals surface area contributed by atoms with Gasteiger partial charge in [-0.25, -0.2) is 9.97 Å². The van der Waals surface area contributed by atoms with Gasteiger partial charge in [0.15, 0.2) is 0 Å². The van der Waals surface area contributed by atoms with Crippen molar-refractivity contribution >= 4 is 27.6 Å². The van der Waals surface area contributed by atoms with Crippen molar-refractivity contribution in [3.8, 4) is 0 Å². The molecule has 1 heterocycles. The summed E-state index contributed by atoms with van der Waals surface area (Å²) in [6.07, 6.45) is 1.75. The van der Waals surface area contributed by atoms with Gasteiger partial charge in [0.1, 0.15) is 0 Å². The third-order valence-electron chi connectivity index (χ3n) is 2.19. The zero-order chi connectivity index (χ0) is 11.5. The lowest BCUT2D eigenvalue weighted by atomic mass is 10.2. The van der Waals surface area contributed by atoms with E-state index < -0.39 is 0 Å². The Labute approximate surface area is 103 Å². The van der Waals surface area contributed by atoms with E-state index in [-0.39, 0.29) is 0 Å². The Kier molecular flexibility index (Phi) is 3.19. The number of benzene rings is 1. The molecule has 0 saturated heterocycles. The summed E-state index contributed by atoms with van der Waals surface area (Å²) in [4.78, 5) is 8.52. The van der Waals surface area contributed by atoms with Crippen LogP contribution >= 0.6 is 15.9 Å². The van der Waals surface area contributed by atoms with E-state index >= 15 is 0 Å². The second-order valence-corrected chi connectivity index (χ2v) is 4.48. The molecule has 2 aromatic rings. The fourth-order valence-corrected chi connectivity index (χ4v) is 1.56. The number of hydrogen-bond acceptors (Lipinski definition) is 3. The Bertz CT molecular complexity index is 511. The van der Waals surface area contributed by atoms with E-state index in [1.165, 1.54) is 5.56 Å². The molecule has 0 bridgehead atoms. The molecule has 1 aromatic heterocycles. The summed E-state index contributed by atoms with van der Waals surface area (Å²) >= 11 is 3.37. The quantitative estimate of drug-likeness (QED) is 0.912. The minimum atomic E-state index is 0.617. The van der Waals surface area contributed by atoms with Crippen molar-refractivity contribution < 1.29 is 0 Å². The minimum absolute atomic E-state index is 0.617. The number of anilines is 2. The van der Waals surface area contributed by atoms with Crippen LogP contribution in [0.2, 0.25) is 0 Å². The molecule has 0 fully saturated rings. The summed E-state index contributed by atoms with van der Waals surface area (Å²) in [5.74, 6) is 0.617. The van der Waals surface area contributed by atoms with Crippen molar-refractivity contribution in [1.29, 1.82) is 0 Å². The molecule has 0 saturated carbocycles. The molecule has 2 rings (SSSR count). The summed E-state index contributed by atoms with van der Waals surface area (Å²) in [6.45, 7) is 3.99. The number of aryl methyl sites for hydroxylation is 2. The zero-order valence-electron chi connectivity index (χ0n) is 9.16. The van der Waals surface area contributed by atoms with Crippen LogP contribution in [0.15, 0.2) is 34.9 Å². The van der Waals surface area contributed by atoms with Gasteiger partial charge in [-0.1, -0.05) is 12.1 Å². The van der Waals surface area contributed by atoms with Crippen molar-refractivity contribution in [2.45, 2.75) is 13.8 Å². The van der Waals surface area contributed by atoms with Crippen molar-refractivity contribution in [2.75, 3.05) is 5.32 Å². The summed E-state index contributed by atoms with van der Waals surface area (Å²) < 4.78 is 0.919. The number of rotatable bonds is 2. The lowest BCUT2D eigenvalue weighted by Crippen LogP contribution is -1.98. The van der Waals surface area contributed by atoms with Gasteiger partial charge in [0.05, 0.1) is 10.2 Å². The highest BCUT2D eigenvalue weighted by molar-refractivity contribution is 9.10. The highest BCUT2D eigenvalue weighted by Crippen LogP contribution is 2.17. The van der Waals surface area contributed by atoms with Gasteiger partial charge in [-0.3, -0.25) is 0 Å². The van der Waals surface area contributed by atoms with Gasteiger partial charge in [0, 0.05) is 11.9 Å². The molecule has 3 nitrogen and oxygen atoms in total. The smallest absolute Gasteiger partial charge is 0.227 e. The Hall–Kier alpha value is -1.42. The highest BCUT2D eigenvalue weighted by atomic mass is 79.9. The standard InChI is InChI=1S/C12H12BrN3/c1-8-4-3-5-10(6-8)16-12-14-7-11(13)9(2)15-12/h3-7H,1-2H3,(H,14,15,16). The van der Waals surface area contributed by atoms with E-state index in [0.717, 1.165) is 15.9 Å². The molecule has 0 radical (unpaired) electrons. The SMILES string of the molecule is Cc1cccc(Nc2ncc(Br)c(C)n2)c1. The van der Waals surface area contributed by atoms with Crippen LogP contribution in [0.25, 0.3) is 0 Å². The molecule has 0 atom stereocenters. The fourth-order valence-electron chi connectivity index (χ4n) is 1.36. The van der Waals surface area contributed by atoms with Crippen molar-refractivity contribution in [2.24, 2.45) is 0 Å². The second-order valence-electron chi connectivity index (χ2n) is 3.62. The maximum absolute atomic E-state index is 4.33. The van der Waals surface area contributed by atoms with Crippen molar-refractivity contribution in [3.63, 3.8) is 0 Å². The summed E-state index contributed by atoms with van der Waals surface area (Å²) in [6, 6.07) is 8.11. The molecule has 0 unspecified atom stereocenters. The lowest BCUT2D eigenvalue weighted by Gasteiger charge is -2.06. The van der Waals surface area contributed by atoms with E-state index in [2.05, 4.69) is 50.3 Å². The lowest BCUT2D eigenvalue weighted by molar-refractivity contribution is 1.09. The van der Waals surface area contributed by atoms with Crippen LogP contribution in [0.5, 0.6) is 0 Å². The first-order chi connectivity index (χ1) is 7.65. The number of halogens is 1. The van der Waals surface area contributed by atoms with Crippen LogP contribution in [0, 0.1) is 13.8 Å².